The quantitative estimate of drug-likeness (QED) is 0.352. The van der Waals surface area contributed by atoms with E-state index in [0.29, 0.717) is 11.5 Å². The third-order valence-corrected chi connectivity index (χ3v) is 5.37. The summed E-state index contributed by atoms with van der Waals surface area (Å²) >= 11 is 6.15. The predicted octanol–water partition coefficient (Wildman–Crippen LogP) is 4.70. The molecular weight excluding hydrogens is 425 g/mol. The van der Waals surface area contributed by atoms with Gasteiger partial charge in [-0.25, -0.2) is 4.39 Å². The first-order valence-electron chi connectivity index (χ1n) is 9.31. The van der Waals surface area contributed by atoms with Crippen LogP contribution in [0.5, 0.6) is 5.75 Å². The molecule has 6 nitrogen and oxygen atoms in total. The molecule has 0 aliphatic carbocycles. The smallest absolute Gasteiger partial charge is 0.296 e. The predicted molar refractivity (Wildman–Crippen MR) is 111 cm³/mol. The molecule has 1 unspecified atom stereocenters. The highest BCUT2D eigenvalue weighted by atomic mass is 35.5. The molecule has 1 atom stereocenters. The summed E-state index contributed by atoms with van der Waals surface area (Å²) in [5, 5.41) is 11.2. The van der Waals surface area contributed by atoms with Crippen molar-refractivity contribution in [2.45, 2.75) is 12.6 Å². The Kier molecular flexibility index (Phi) is 5.52. The fraction of sp³-hybridized carbons (Fsp3) is 0.130. The molecule has 1 amide bonds. The minimum Gasteiger partial charge on any atom is -0.507 e. The first-order chi connectivity index (χ1) is 14.9. The Morgan fingerprint density at radius 2 is 1.97 bits per heavy atom. The molecule has 1 saturated heterocycles. The van der Waals surface area contributed by atoms with E-state index in [2.05, 4.69) is 0 Å². The lowest BCUT2D eigenvalue weighted by Crippen LogP contribution is -2.29. The number of rotatable bonds is 5. The maximum atomic E-state index is 14.7. The van der Waals surface area contributed by atoms with Crippen LogP contribution in [0.25, 0.3) is 5.76 Å². The highest BCUT2D eigenvalue weighted by molar-refractivity contribution is 6.46. The average molecular weight is 442 g/mol. The largest absolute Gasteiger partial charge is 0.507 e. The number of likely N-dealkylation sites (tertiary alicyclic amines) is 1. The van der Waals surface area contributed by atoms with Gasteiger partial charge in [0, 0.05) is 11.1 Å². The van der Waals surface area contributed by atoms with E-state index in [1.54, 1.807) is 18.2 Å². The van der Waals surface area contributed by atoms with Gasteiger partial charge >= 0.3 is 0 Å². The van der Waals surface area contributed by atoms with Gasteiger partial charge in [-0.1, -0.05) is 29.8 Å². The van der Waals surface area contributed by atoms with Crippen LogP contribution < -0.4 is 4.74 Å². The molecule has 1 fully saturated rings. The Morgan fingerprint density at radius 3 is 2.61 bits per heavy atom. The molecule has 1 aromatic heterocycles. The maximum absolute atomic E-state index is 14.7. The average Bonchev–Trinajstić information content (AvgIpc) is 3.36. The fourth-order valence-corrected chi connectivity index (χ4v) is 3.86. The van der Waals surface area contributed by atoms with Gasteiger partial charge in [-0.3, -0.25) is 9.59 Å². The number of halogens is 2. The van der Waals surface area contributed by atoms with Gasteiger partial charge in [-0.05, 0) is 36.4 Å². The van der Waals surface area contributed by atoms with Gasteiger partial charge in [0.15, 0.2) is 0 Å². The minimum absolute atomic E-state index is 0.0727. The zero-order chi connectivity index (χ0) is 22.1. The van der Waals surface area contributed by atoms with Crippen LogP contribution in [-0.2, 0) is 16.1 Å². The molecule has 0 radical (unpaired) electrons. The van der Waals surface area contributed by atoms with Crippen LogP contribution in [0.1, 0.15) is 22.9 Å². The highest BCUT2D eigenvalue weighted by Gasteiger charge is 2.47. The van der Waals surface area contributed by atoms with Crippen molar-refractivity contribution in [2.75, 3.05) is 7.11 Å². The van der Waals surface area contributed by atoms with Crippen molar-refractivity contribution >= 4 is 29.1 Å². The van der Waals surface area contributed by atoms with Crippen LogP contribution in [0.3, 0.4) is 0 Å². The topological polar surface area (TPSA) is 80.0 Å². The van der Waals surface area contributed by atoms with Crippen molar-refractivity contribution in [1.82, 2.24) is 4.90 Å². The Balaban J connectivity index is 1.89. The number of carbonyl (C=O) groups is 2. The molecule has 1 aliphatic rings. The van der Waals surface area contributed by atoms with Gasteiger partial charge in [0.1, 0.15) is 23.1 Å². The number of benzene rings is 2. The number of carbonyl (C=O) groups excluding carboxylic acids is 2. The van der Waals surface area contributed by atoms with E-state index in [1.807, 2.05) is 0 Å². The number of aliphatic hydroxyl groups excluding tert-OH is 1. The summed E-state index contributed by atoms with van der Waals surface area (Å²) in [5.41, 5.74) is 0.0421. The van der Waals surface area contributed by atoms with E-state index < -0.39 is 29.3 Å². The zero-order valence-corrected chi connectivity index (χ0v) is 17.1. The first-order valence-corrected chi connectivity index (χ1v) is 9.69. The number of methoxy groups -OCH3 is 1. The third kappa shape index (κ3) is 3.68. The molecule has 0 saturated carbocycles. The highest BCUT2D eigenvalue weighted by Crippen LogP contribution is 2.41. The van der Waals surface area contributed by atoms with E-state index in [4.69, 9.17) is 20.8 Å². The summed E-state index contributed by atoms with van der Waals surface area (Å²) in [6, 6.07) is 12.4. The standard InChI is InChI=1S/C23H17ClFNO5/c1-30-18-9-8-13(11-16(18)24)21(27)19-20(15-6-2-3-7-17(15)25)26(23(29)22(19)28)12-14-5-4-10-31-14/h2-11,20,27H,12H2,1H3/b21-19+. The van der Waals surface area contributed by atoms with E-state index >= 15 is 0 Å². The number of hydrogen-bond donors (Lipinski definition) is 1. The number of nitrogens with zero attached hydrogens (tertiary/aromatic N) is 1. The second kappa shape index (κ2) is 8.28. The number of ether oxygens (including phenoxy) is 1. The van der Waals surface area contributed by atoms with E-state index in [1.165, 1.54) is 54.7 Å². The minimum atomic E-state index is -1.15. The van der Waals surface area contributed by atoms with Gasteiger partial charge in [0.05, 0.1) is 36.6 Å². The van der Waals surface area contributed by atoms with Gasteiger partial charge in [-0.2, -0.15) is 0 Å². The summed E-state index contributed by atoms with van der Waals surface area (Å²) in [6.45, 7) is -0.0727. The molecule has 1 aliphatic heterocycles. The number of Topliss-reactive ketones (excluding diaryl/α,β-unsaturated/α-hetero) is 1. The monoisotopic (exact) mass is 441 g/mol. The number of aliphatic hydroxyl groups is 1. The van der Waals surface area contributed by atoms with Crippen LogP contribution in [0.4, 0.5) is 4.39 Å². The molecule has 0 bridgehead atoms. The lowest BCUT2D eigenvalue weighted by atomic mass is 9.95. The van der Waals surface area contributed by atoms with E-state index in [9.17, 15) is 19.1 Å². The molecule has 8 heteroatoms. The summed E-state index contributed by atoms with van der Waals surface area (Å²) in [7, 11) is 1.44. The zero-order valence-electron chi connectivity index (χ0n) is 16.3. The molecule has 158 valence electrons. The van der Waals surface area contributed by atoms with Gasteiger partial charge in [-0.15, -0.1) is 0 Å². The maximum Gasteiger partial charge on any atom is 0.296 e. The normalized spacial score (nSPS) is 17.9. The number of ketones is 1. The number of furan rings is 1. The van der Waals surface area contributed by atoms with E-state index in [-0.39, 0.29) is 28.3 Å². The van der Waals surface area contributed by atoms with E-state index in [0.717, 1.165) is 0 Å². The summed E-state index contributed by atoms with van der Waals surface area (Å²) in [4.78, 5) is 27.0. The molecule has 2 aromatic carbocycles. The van der Waals surface area contributed by atoms with Crippen molar-refractivity contribution in [3.05, 3.63) is 94.2 Å². The number of amides is 1. The van der Waals surface area contributed by atoms with Crippen LogP contribution in [-0.4, -0.2) is 28.8 Å². The summed E-state index contributed by atoms with van der Waals surface area (Å²) < 4.78 is 25.1. The van der Waals surface area contributed by atoms with Gasteiger partial charge < -0.3 is 19.2 Å². The Bertz CT molecular complexity index is 1190. The van der Waals surface area contributed by atoms with Crippen LogP contribution in [0, 0.1) is 5.82 Å². The fourth-order valence-electron chi connectivity index (χ4n) is 3.60. The molecule has 2 heterocycles. The van der Waals surface area contributed by atoms with Crippen molar-refractivity contribution in [3.8, 4) is 5.75 Å². The SMILES string of the molecule is COc1ccc(/C(O)=C2\C(=O)C(=O)N(Cc3ccco3)C2c2ccccc2F)cc1Cl. The van der Waals surface area contributed by atoms with Crippen molar-refractivity contribution < 1.29 is 28.2 Å². The van der Waals surface area contributed by atoms with Crippen LogP contribution in [0.2, 0.25) is 5.02 Å². The molecule has 3 aromatic rings. The first kappa shape index (κ1) is 20.7. The van der Waals surface area contributed by atoms with Crippen molar-refractivity contribution in [3.63, 3.8) is 0 Å². The lowest BCUT2D eigenvalue weighted by molar-refractivity contribution is -0.140. The number of hydrogen-bond acceptors (Lipinski definition) is 5. The van der Waals surface area contributed by atoms with Gasteiger partial charge in [0.2, 0.25) is 0 Å². The Hall–Kier alpha value is -3.58. The third-order valence-electron chi connectivity index (χ3n) is 5.07. The van der Waals surface area contributed by atoms with Crippen LogP contribution >= 0.6 is 11.6 Å². The second-order valence-corrected chi connectivity index (χ2v) is 7.28. The molecular formula is C23H17ClFNO5. The van der Waals surface area contributed by atoms with Crippen molar-refractivity contribution in [1.29, 1.82) is 0 Å². The van der Waals surface area contributed by atoms with Crippen LogP contribution in [0.15, 0.2) is 70.9 Å². The summed E-state index contributed by atoms with van der Waals surface area (Å²) in [5.74, 6) is -2.08. The molecule has 4 rings (SSSR count). The molecule has 0 spiro atoms. The molecule has 1 N–H and O–H groups in total. The Labute approximate surface area is 182 Å². The second-order valence-electron chi connectivity index (χ2n) is 6.88. The Morgan fingerprint density at radius 1 is 1.19 bits per heavy atom. The summed E-state index contributed by atoms with van der Waals surface area (Å²) in [6.07, 6.45) is 1.43. The van der Waals surface area contributed by atoms with Gasteiger partial charge in [0.25, 0.3) is 11.7 Å². The lowest BCUT2D eigenvalue weighted by Gasteiger charge is -2.24. The molecule has 31 heavy (non-hydrogen) atoms. The van der Waals surface area contributed by atoms with Crippen molar-refractivity contribution in [2.24, 2.45) is 0 Å².